The molecule has 0 bridgehead atoms. The second-order valence-electron chi connectivity index (χ2n) is 5.20. The number of hydrogen-bond acceptors (Lipinski definition) is 4. The van der Waals surface area contributed by atoms with Gasteiger partial charge in [0.25, 0.3) is 0 Å². The SMILES string of the molecule is CCNC(=O)NC(=O)CN1CC(C)NCc2ccccc21. The molecule has 1 aliphatic rings. The van der Waals surface area contributed by atoms with Crippen LogP contribution in [0.4, 0.5) is 10.5 Å². The van der Waals surface area contributed by atoms with E-state index in [1.54, 1.807) is 0 Å². The maximum Gasteiger partial charge on any atom is 0.321 e. The van der Waals surface area contributed by atoms with Gasteiger partial charge in [-0.1, -0.05) is 18.2 Å². The number of carbonyl (C=O) groups is 2. The van der Waals surface area contributed by atoms with Gasteiger partial charge in [-0.05, 0) is 25.5 Å². The number of fused-ring (bicyclic) bond motifs is 1. The third-order valence-electron chi connectivity index (χ3n) is 3.39. The van der Waals surface area contributed by atoms with Crippen LogP contribution < -0.4 is 20.9 Å². The number of benzene rings is 1. The molecule has 1 atom stereocenters. The quantitative estimate of drug-likeness (QED) is 0.771. The molecule has 6 heteroatoms. The van der Waals surface area contributed by atoms with Gasteiger partial charge in [-0.25, -0.2) is 4.79 Å². The van der Waals surface area contributed by atoms with Gasteiger partial charge in [0, 0.05) is 31.4 Å². The maximum atomic E-state index is 12.0. The van der Waals surface area contributed by atoms with Gasteiger partial charge in [-0.15, -0.1) is 0 Å². The summed E-state index contributed by atoms with van der Waals surface area (Å²) in [5.74, 6) is -0.301. The van der Waals surface area contributed by atoms with Gasteiger partial charge in [0.2, 0.25) is 5.91 Å². The van der Waals surface area contributed by atoms with Crippen molar-refractivity contribution >= 4 is 17.6 Å². The maximum absolute atomic E-state index is 12.0. The topological polar surface area (TPSA) is 73.5 Å². The standard InChI is InChI=1S/C15H22N4O2/c1-3-16-15(21)18-14(20)10-19-9-11(2)17-8-12-6-4-5-7-13(12)19/h4-7,11,17H,3,8-10H2,1-2H3,(H2,16,18,20,21). The fraction of sp³-hybridized carbons (Fsp3) is 0.467. The van der Waals surface area contributed by atoms with Crippen molar-refractivity contribution in [3.8, 4) is 0 Å². The third kappa shape index (κ3) is 4.19. The van der Waals surface area contributed by atoms with Gasteiger partial charge in [-0.3, -0.25) is 10.1 Å². The number of anilines is 1. The van der Waals surface area contributed by atoms with Crippen LogP contribution in [0.1, 0.15) is 19.4 Å². The van der Waals surface area contributed by atoms with Crippen molar-refractivity contribution in [1.82, 2.24) is 16.0 Å². The number of urea groups is 1. The van der Waals surface area contributed by atoms with E-state index >= 15 is 0 Å². The normalized spacial score (nSPS) is 17.6. The summed E-state index contributed by atoms with van der Waals surface area (Å²) >= 11 is 0. The minimum atomic E-state index is -0.447. The Kier molecular flexibility index (Phi) is 5.16. The summed E-state index contributed by atoms with van der Waals surface area (Å²) in [4.78, 5) is 25.4. The molecule has 0 saturated carbocycles. The first-order chi connectivity index (χ1) is 10.1. The smallest absolute Gasteiger partial charge is 0.321 e. The predicted molar refractivity (Wildman–Crippen MR) is 82.2 cm³/mol. The summed E-state index contributed by atoms with van der Waals surface area (Å²) in [6.45, 7) is 6.06. The molecule has 6 nitrogen and oxygen atoms in total. The van der Waals surface area contributed by atoms with Crippen LogP contribution in [0, 0.1) is 0 Å². The molecule has 1 aromatic rings. The molecule has 3 N–H and O–H groups in total. The fourth-order valence-electron chi connectivity index (χ4n) is 2.44. The van der Waals surface area contributed by atoms with Crippen molar-refractivity contribution in [2.75, 3.05) is 24.5 Å². The summed E-state index contributed by atoms with van der Waals surface area (Å²) in [6, 6.07) is 7.84. The van der Waals surface area contributed by atoms with Crippen molar-refractivity contribution in [3.63, 3.8) is 0 Å². The monoisotopic (exact) mass is 290 g/mol. The Balaban J connectivity index is 2.07. The molecule has 114 valence electrons. The van der Waals surface area contributed by atoms with Crippen LogP contribution in [-0.4, -0.2) is 37.6 Å². The Labute approximate surface area is 124 Å². The molecule has 0 radical (unpaired) electrons. The van der Waals surface area contributed by atoms with E-state index in [1.165, 1.54) is 0 Å². The molecule has 1 heterocycles. The van der Waals surface area contributed by atoms with E-state index in [1.807, 2.05) is 30.0 Å². The second-order valence-corrected chi connectivity index (χ2v) is 5.20. The summed E-state index contributed by atoms with van der Waals surface area (Å²) in [6.07, 6.45) is 0. The Morgan fingerprint density at radius 2 is 2.14 bits per heavy atom. The molecule has 21 heavy (non-hydrogen) atoms. The number of nitrogens with one attached hydrogen (secondary N) is 3. The van der Waals surface area contributed by atoms with Crippen LogP contribution in [0.2, 0.25) is 0 Å². The molecule has 1 aromatic carbocycles. The zero-order chi connectivity index (χ0) is 15.2. The highest BCUT2D eigenvalue weighted by atomic mass is 16.2. The fourth-order valence-corrected chi connectivity index (χ4v) is 2.44. The number of amides is 3. The summed E-state index contributed by atoms with van der Waals surface area (Å²) in [5, 5.41) is 8.31. The van der Waals surface area contributed by atoms with Crippen molar-refractivity contribution in [2.45, 2.75) is 26.4 Å². The first kappa shape index (κ1) is 15.3. The number of hydrogen-bond donors (Lipinski definition) is 3. The molecule has 0 aliphatic carbocycles. The molecule has 0 spiro atoms. The first-order valence-electron chi connectivity index (χ1n) is 7.24. The van der Waals surface area contributed by atoms with Crippen LogP contribution in [0.5, 0.6) is 0 Å². The molecule has 1 unspecified atom stereocenters. The van der Waals surface area contributed by atoms with E-state index in [2.05, 4.69) is 28.9 Å². The number of nitrogens with zero attached hydrogens (tertiary/aromatic N) is 1. The molecule has 0 fully saturated rings. The van der Waals surface area contributed by atoms with Gasteiger partial charge in [0.1, 0.15) is 0 Å². The zero-order valence-electron chi connectivity index (χ0n) is 12.5. The van der Waals surface area contributed by atoms with Gasteiger partial charge in [0.15, 0.2) is 0 Å². The van der Waals surface area contributed by atoms with Crippen molar-refractivity contribution in [2.24, 2.45) is 0 Å². The Bertz CT molecular complexity index is 518. The van der Waals surface area contributed by atoms with E-state index in [9.17, 15) is 9.59 Å². The van der Waals surface area contributed by atoms with Crippen molar-refractivity contribution in [1.29, 1.82) is 0 Å². The lowest BCUT2D eigenvalue weighted by Crippen LogP contribution is -2.46. The number of carbonyl (C=O) groups excluding carboxylic acids is 2. The highest BCUT2D eigenvalue weighted by Crippen LogP contribution is 2.22. The molecule has 2 rings (SSSR count). The Morgan fingerprint density at radius 3 is 2.90 bits per heavy atom. The molecule has 1 aliphatic heterocycles. The van der Waals surface area contributed by atoms with E-state index in [0.29, 0.717) is 6.54 Å². The van der Waals surface area contributed by atoms with E-state index in [-0.39, 0.29) is 18.5 Å². The number of imide groups is 1. The lowest BCUT2D eigenvalue weighted by Gasteiger charge is -2.25. The minimum Gasteiger partial charge on any atom is -0.360 e. The molecule has 3 amide bonds. The lowest BCUT2D eigenvalue weighted by atomic mass is 10.1. The minimum absolute atomic E-state index is 0.167. The van der Waals surface area contributed by atoms with Gasteiger partial charge < -0.3 is 15.5 Å². The summed E-state index contributed by atoms with van der Waals surface area (Å²) in [7, 11) is 0. The van der Waals surface area contributed by atoms with Gasteiger partial charge in [0.05, 0.1) is 6.54 Å². The highest BCUT2D eigenvalue weighted by Gasteiger charge is 2.21. The van der Waals surface area contributed by atoms with Crippen LogP contribution in [-0.2, 0) is 11.3 Å². The summed E-state index contributed by atoms with van der Waals surface area (Å²) in [5.41, 5.74) is 2.20. The molecular weight excluding hydrogens is 268 g/mol. The highest BCUT2D eigenvalue weighted by molar-refractivity contribution is 5.96. The zero-order valence-corrected chi connectivity index (χ0v) is 12.5. The molecule has 0 aromatic heterocycles. The van der Waals surface area contributed by atoms with Crippen LogP contribution >= 0.6 is 0 Å². The largest absolute Gasteiger partial charge is 0.360 e. The number of para-hydroxylation sites is 1. The van der Waals surface area contributed by atoms with E-state index < -0.39 is 6.03 Å². The first-order valence-corrected chi connectivity index (χ1v) is 7.24. The third-order valence-corrected chi connectivity index (χ3v) is 3.39. The van der Waals surface area contributed by atoms with Crippen molar-refractivity contribution < 1.29 is 9.59 Å². The van der Waals surface area contributed by atoms with Gasteiger partial charge in [-0.2, -0.15) is 0 Å². The average Bonchev–Trinajstić information content (AvgIpc) is 2.59. The number of rotatable bonds is 3. The Morgan fingerprint density at radius 1 is 1.38 bits per heavy atom. The molecular formula is C15H22N4O2. The van der Waals surface area contributed by atoms with Gasteiger partial charge >= 0.3 is 6.03 Å². The van der Waals surface area contributed by atoms with E-state index in [4.69, 9.17) is 0 Å². The van der Waals surface area contributed by atoms with E-state index in [0.717, 1.165) is 24.3 Å². The lowest BCUT2D eigenvalue weighted by molar-refractivity contribution is -0.118. The van der Waals surface area contributed by atoms with Crippen molar-refractivity contribution in [3.05, 3.63) is 29.8 Å². The van der Waals surface area contributed by atoms with Crippen LogP contribution in [0.3, 0.4) is 0 Å². The van der Waals surface area contributed by atoms with Crippen LogP contribution in [0.15, 0.2) is 24.3 Å². The average molecular weight is 290 g/mol. The second kappa shape index (κ2) is 7.08. The Hall–Kier alpha value is -2.08. The summed E-state index contributed by atoms with van der Waals surface area (Å²) < 4.78 is 0. The predicted octanol–water partition coefficient (Wildman–Crippen LogP) is 0.830. The van der Waals surface area contributed by atoms with Crippen LogP contribution in [0.25, 0.3) is 0 Å². The molecule has 0 saturated heterocycles.